The van der Waals surface area contributed by atoms with Gasteiger partial charge in [-0.15, -0.1) is 0 Å². The predicted octanol–water partition coefficient (Wildman–Crippen LogP) is 6.35. The van der Waals surface area contributed by atoms with Crippen molar-refractivity contribution in [1.82, 2.24) is 4.90 Å². The van der Waals surface area contributed by atoms with Crippen molar-refractivity contribution in [3.63, 3.8) is 0 Å². The lowest BCUT2D eigenvalue weighted by atomic mass is 10.1. The molecule has 6 nitrogen and oxygen atoms in total. The molecule has 1 saturated heterocycles. The molecule has 0 aromatic heterocycles. The van der Waals surface area contributed by atoms with Crippen molar-refractivity contribution >= 4 is 52.2 Å². The first-order valence-electron chi connectivity index (χ1n) is 11.0. The van der Waals surface area contributed by atoms with Crippen molar-refractivity contribution in [3.05, 3.63) is 98.7 Å². The molecule has 1 N–H and O–H groups in total. The molecule has 0 atom stereocenters. The van der Waals surface area contributed by atoms with Gasteiger partial charge in [-0.2, -0.15) is 0 Å². The molecule has 1 aliphatic rings. The fourth-order valence-corrected chi connectivity index (χ4v) is 4.56. The minimum absolute atomic E-state index is 0.0436. The first-order chi connectivity index (χ1) is 17.2. The number of benzene rings is 3. The molecule has 0 radical (unpaired) electrons. The van der Waals surface area contributed by atoms with Gasteiger partial charge in [-0.05, 0) is 84.3 Å². The summed E-state index contributed by atoms with van der Waals surface area (Å²) in [5.41, 5.74) is 3.99. The summed E-state index contributed by atoms with van der Waals surface area (Å²) in [4.78, 5) is 38.8. The Bertz CT molecular complexity index is 1370. The van der Waals surface area contributed by atoms with E-state index in [-0.39, 0.29) is 29.0 Å². The molecule has 0 bridgehead atoms. The third-order valence-corrected chi connectivity index (χ3v) is 6.90. The number of aryl methyl sites for hydroxylation is 1. The highest BCUT2D eigenvalue weighted by molar-refractivity contribution is 8.18. The van der Waals surface area contributed by atoms with Crippen LogP contribution in [0.4, 0.5) is 14.9 Å². The van der Waals surface area contributed by atoms with Crippen LogP contribution in [0.25, 0.3) is 6.08 Å². The summed E-state index contributed by atoms with van der Waals surface area (Å²) >= 11 is 6.86. The summed E-state index contributed by atoms with van der Waals surface area (Å²) in [5.74, 6) is -0.730. The summed E-state index contributed by atoms with van der Waals surface area (Å²) in [7, 11) is 0. The second-order valence-corrected chi connectivity index (χ2v) is 9.56. The standard InChI is InChI=1S/C27H22ClFN2O4S/c1-16-4-3-5-23(17(16)2)30-25(32)15-35-21-10-6-18(7-11-21)12-24-26(33)31(27(34)36-24)14-19-8-9-20(29)13-22(19)28/h3-13H,14-15H2,1-2H3,(H,30,32)/b24-12-. The van der Waals surface area contributed by atoms with Crippen molar-refractivity contribution in [1.29, 1.82) is 0 Å². The van der Waals surface area contributed by atoms with Crippen molar-refractivity contribution in [2.24, 2.45) is 0 Å². The Morgan fingerprint density at radius 1 is 1.11 bits per heavy atom. The zero-order chi connectivity index (χ0) is 25.8. The van der Waals surface area contributed by atoms with Gasteiger partial charge in [0.1, 0.15) is 11.6 Å². The third-order valence-electron chi connectivity index (χ3n) is 5.64. The average Bonchev–Trinajstić information content (AvgIpc) is 3.10. The van der Waals surface area contributed by atoms with E-state index in [0.717, 1.165) is 39.5 Å². The van der Waals surface area contributed by atoms with Gasteiger partial charge < -0.3 is 10.1 Å². The number of halogens is 2. The Morgan fingerprint density at radius 3 is 2.58 bits per heavy atom. The maximum absolute atomic E-state index is 13.3. The summed E-state index contributed by atoms with van der Waals surface area (Å²) in [6, 6.07) is 16.3. The summed E-state index contributed by atoms with van der Waals surface area (Å²) in [6.45, 7) is 3.72. The minimum atomic E-state index is -0.493. The molecule has 0 saturated carbocycles. The van der Waals surface area contributed by atoms with Gasteiger partial charge in [0, 0.05) is 10.7 Å². The number of nitrogens with zero attached hydrogens (tertiary/aromatic N) is 1. The van der Waals surface area contributed by atoms with Gasteiger partial charge in [-0.25, -0.2) is 4.39 Å². The van der Waals surface area contributed by atoms with Crippen LogP contribution >= 0.6 is 23.4 Å². The van der Waals surface area contributed by atoms with Crippen molar-refractivity contribution in [2.45, 2.75) is 20.4 Å². The maximum Gasteiger partial charge on any atom is 0.293 e. The smallest absolute Gasteiger partial charge is 0.293 e. The number of anilines is 1. The zero-order valence-electron chi connectivity index (χ0n) is 19.5. The van der Waals surface area contributed by atoms with Crippen molar-refractivity contribution < 1.29 is 23.5 Å². The molecular formula is C27H22ClFN2O4S. The number of hydrogen-bond acceptors (Lipinski definition) is 5. The Hall–Kier alpha value is -3.62. The number of amides is 3. The number of thioether (sulfide) groups is 1. The van der Waals surface area contributed by atoms with Gasteiger partial charge in [0.2, 0.25) is 0 Å². The number of nitrogens with one attached hydrogen (secondary N) is 1. The van der Waals surface area contributed by atoms with Crippen LogP contribution in [-0.2, 0) is 16.1 Å². The molecular weight excluding hydrogens is 503 g/mol. The van der Waals surface area contributed by atoms with Gasteiger partial charge in [0.15, 0.2) is 6.61 Å². The molecule has 3 aromatic rings. The third kappa shape index (κ3) is 5.95. The number of carbonyl (C=O) groups excluding carboxylic acids is 3. The van der Waals surface area contributed by atoms with Crippen LogP contribution in [0.3, 0.4) is 0 Å². The lowest BCUT2D eigenvalue weighted by molar-refractivity contribution is -0.123. The zero-order valence-corrected chi connectivity index (χ0v) is 21.1. The van der Waals surface area contributed by atoms with E-state index in [9.17, 15) is 18.8 Å². The van der Waals surface area contributed by atoms with Crippen LogP contribution < -0.4 is 10.1 Å². The Morgan fingerprint density at radius 2 is 1.86 bits per heavy atom. The second-order valence-electron chi connectivity index (χ2n) is 8.16. The summed E-state index contributed by atoms with van der Waals surface area (Å²) in [6.07, 6.45) is 1.61. The van der Waals surface area contributed by atoms with E-state index < -0.39 is 17.0 Å². The van der Waals surface area contributed by atoms with Crippen LogP contribution in [0.5, 0.6) is 5.75 Å². The Balaban J connectivity index is 1.36. The average molecular weight is 525 g/mol. The van der Waals surface area contributed by atoms with Crippen LogP contribution in [0.1, 0.15) is 22.3 Å². The molecule has 1 fully saturated rings. The molecule has 0 aliphatic carbocycles. The number of rotatable bonds is 7. The van der Waals surface area contributed by atoms with Crippen LogP contribution in [-0.4, -0.2) is 28.6 Å². The van der Waals surface area contributed by atoms with Gasteiger partial charge in [-0.3, -0.25) is 19.3 Å². The van der Waals surface area contributed by atoms with E-state index in [0.29, 0.717) is 16.9 Å². The quantitative estimate of drug-likeness (QED) is 0.364. The molecule has 0 unspecified atom stereocenters. The fraction of sp³-hybridized carbons (Fsp3) is 0.148. The molecule has 3 aromatic carbocycles. The van der Waals surface area contributed by atoms with Crippen LogP contribution in [0.15, 0.2) is 65.6 Å². The minimum Gasteiger partial charge on any atom is -0.484 e. The molecule has 0 spiro atoms. The lowest BCUT2D eigenvalue weighted by Gasteiger charge is -2.13. The van der Waals surface area contributed by atoms with Crippen molar-refractivity contribution in [2.75, 3.05) is 11.9 Å². The van der Waals surface area contributed by atoms with Crippen LogP contribution in [0, 0.1) is 19.7 Å². The van der Waals surface area contributed by atoms with E-state index in [4.69, 9.17) is 16.3 Å². The Labute approximate surface area is 217 Å². The molecule has 9 heteroatoms. The molecule has 1 heterocycles. The maximum atomic E-state index is 13.3. The highest BCUT2D eigenvalue weighted by atomic mass is 35.5. The fourth-order valence-electron chi connectivity index (χ4n) is 3.49. The summed E-state index contributed by atoms with van der Waals surface area (Å²) < 4.78 is 18.8. The largest absolute Gasteiger partial charge is 0.484 e. The topological polar surface area (TPSA) is 75.7 Å². The van der Waals surface area contributed by atoms with Crippen molar-refractivity contribution in [3.8, 4) is 5.75 Å². The van der Waals surface area contributed by atoms with E-state index >= 15 is 0 Å². The van der Waals surface area contributed by atoms with E-state index in [1.165, 1.54) is 12.1 Å². The molecule has 184 valence electrons. The Kier molecular flexibility index (Phi) is 7.76. The predicted molar refractivity (Wildman–Crippen MR) is 139 cm³/mol. The van der Waals surface area contributed by atoms with Crippen LogP contribution in [0.2, 0.25) is 5.02 Å². The molecule has 36 heavy (non-hydrogen) atoms. The molecule has 4 rings (SSSR count). The molecule has 3 amide bonds. The first-order valence-corrected chi connectivity index (χ1v) is 12.2. The summed E-state index contributed by atoms with van der Waals surface area (Å²) in [5, 5.41) is 2.56. The molecule has 1 aliphatic heterocycles. The lowest BCUT2D eigenvalue weighted by Crippen LogP contribution is -2.27. The monoisotopic (exact) mass is 524 g/mol. The first kappa shape index (κ1) is 25.5. The van der Waals surface area contributed by atoms with Gasteiger partial charge in [0.25, 0.3) is 17.1 Å². The number of ether oxygens (including phenoxy) is 1. The highest BCUT2D eigenvalue weighted by Gasteiger charge is 2.35. The van der Waals surface area contributed by atoms with E-state index in [1.54, 1.807) is 30.3 Å². The number of hydrogen-bond donors (Lipinski definition) is 1. The SMILES string of the molecule is Cc1cccc(NC(=O)COc2ccc(/C=C3\SC(=O)N(Cc4ccc(F)cc4Cl)C3=O)cc2)c1C. The highest BCUT2D eigenvalue weighted by Crippen LogP contribution is 2.34. The number of carbonyl (C=O) groups is 3. The number of imide groups is 1. The van der Waals surface area contributed by atoms with Gasteiger partial charge in [0.05, 0.1) is 11.4 Å². The van der Waals surface area contributed by atoms with E-state index in [1.807, 2.05) is 32.0 Å². The second kappa shape index (κ2) is 11.0. The van der Waals surface area contributed by atoms with E-state index in [2.05, 4.69) is 5.32 Å². The van der Waals surface area contributed by atoms with Gasteiger partial charge in [-0.1, -0.05) is 41.9 Å². The van der Waals surface area contributed by atoms with Gasteiger partial charge >= 0.3 is 0 Å². The normalized spacial score (nSPS) is 14.4.